The number of halogens is 1. The van der Waals surface area contributed by atoms with E-state index in [1.54, 1.807) is 23.7 Å². The van der Waals surface area contributed by atoms with Crippen LogP contribution >= 0.6 is 0 Å². The molecule has 2 fully saturated rings. The Morgan fingerprint density at radius 1 is 1.13 bits per heavy atom. The van der Waals surface area contributed by atoms with E-state index in [-0.39, 0.29) is 22.8 Å². The van der Waals surface area contributed by atoms with E-state index in [9.17, 15) is 12.8 Å². The Morgan fingerprint density at radius 3 is 2.39 bits per heavy atom. The fourth-order valence-electron chi connectivity index (χ4n) is 4.72. The van der Waals surface area contributed by atoms with Crippen molar-refractivity contribution in [3.63, 3.8) is 0 Å². The molecule has 0 amide bonds. The highest BCUT2D eigenvalue weighted by Gasteiger charge is 2.41. The number of hydrogen-bond acceptors (Lipinski definition) is 5. The standard InChI is InChI=1S/C22H32FN5O2S/c1-16(2)27-10-8-19(9-11-27)25-21-13-28(31(29,30)22-14-26(3)15-24-22)12-20(21)17-4-6-18(23)7-5-17/h4-7,14-16,19-21,25H,8-13H2,1-3H3/t20-,21+/m1/s1. The van der Waals surface area contributed by atoms with E-state index in [1.165, 1.54) is 29.0 Å². The summed E-state index contributed by atoms with van der Waals surface area (Å²) in [6.07, 6.45) is 5.11. The molecule has 1 aromatic heterocycles. The van der Waals surface area contributed by atoms with Gasteiger partial charge in [-0.2, -0.15) is 4.31 Å². The smallest absolute Gasteiger partial charge is 0.262 e. The van der Waals surface area contributed by atoms with Crippen LogP contribution in [0.1, 0.15) is 38.2 Å². The lowest BCUT2D eigenvalue weighted by molar-refractivity contribution is 0.156. The average Bonchev–Trinajstić information content (AvgIpc) is 3.36. The number of piperidine rings is 1. The molecule has 0 aliphatic carbocycles. The van der Waals surface area contributed by atoms with Gasteiger partial charge in [-0.05, 0) is 57.5 Å². The highest BCUT2D eigenvalue weighted by atomic mass is 32.2. The predicted octanol–water partition coefficient (Wildman–Crippen LogP) is 2.18. The number of nitrogens with zero attached hydrogens (tertiary/aromatic N) is 4. The van der Waals surface area contributed by atoms with Gasteiger partial charge < -0.3 is 14.8 Å². The predicted molar refractivity (Wildman–Crippen MR) is 118 cm³/mol. The maximum atomic E-state index is 13.5. The van der Waals surface area contributed by atoms with Crippen molar-refractivity contribution in [1.82, 2.24) is 24.1 Å². The average molecular weight is 450 g/mol. The van der Waals surface area contributed by atoms with Gasteiger partial charge in [-0.1, -0.05) is 12.1 Å². The second kappa shape index (κ2) is 8.97. The molecular weight excluding hydrogens is 417 g/mol. The molecule has 9 heteroatoms. The molecular formula is C22H32FN5O2S. The third kappa shape index (κ3) is 4.84. The Hall–Kier alpha value is -1.81. The lowest BCUT2D eigenvalue weighted by Gasteiger charge is -2.36. The largest absolute Gasteiger partial charge is 0.339 e. The lowest BCUT2D eigenvalue weighted by atomic mass is 9.92. The van der Waals surface area contributed by atoms with Crippen LogP contribution < -0.4 is 5.32 Å². The van der Waals surface area contributed by atoms with Gasteiger partial charge in [-0.15, -0.1) is 0 Å². The van der Waals surface area contributed by atoms with E-state index in [2.05, 4.69) is 29.0 Å². The van der Waals surface area contributed by atoms with E-state index in [1.807, 2.05) is 0 Å². The van der Waals surface area contributed by atoms with E-state index < -0.39 is 10.0 Å². The van der Waals surface area contributed by atoms with E-state index in [0.29, 0.717) is 25.2 Å². The summed E-state index contributed by atoms with van der Waals surface area (Å²) in [7, 11) is -1.93. The van der Waals surface area contributed by atoms with Gasteiger partial charge in [0.15, 0.2) is 5.03 Å². The minimum absolute atomic E-state index is 0.0282. The number of hydrogen-bond donors (Lipinski definition) is 1. The maximum absolute atomic E-state index is 13.5. The van der Waals surface area contributed by atoms with Crippen LogP contribution in [-0.2, 0) is 17.1 Å². The van der Waals surface area contributed by atoms with Crippen LogP contribution in [0.15, 0.2) is 41.8 Å². The third-order valence-electron chi connectivity index (χ3n) is 6.58. The van der Waals surface area contributed by atoms with Gasteiger partial charge in [-0.25, -0.2) is 17.8 Å². The molecule has 170 valence electrons. The van der Waals surface area contributed by atoms with Crippen LogP contribution in [0.5, 0.6) is 0 Å². The zero-order valence-corrected chi connectivity index (χ0v) is 19.2. The summed E-state index contributed by atoms with van der Waals surface area (Å²) in [5.74, 6) is -0.326. The maximum Gasteiger partial charge on any atom is 0.262 e. The van der Waals surface area contributed by atoms with Gasteiger partial charge in [0.05, 0.1) is 6.33 Å². The van der Waals surface area contributed by atoms with Crippen molar-refractivity contribution in [1.29, 1.82) is 0 Å². The minimum atomic E-state index is -3.68. The number of rotatable bonds is 6. The number of benzene rings is 1. The molecule has 0 bridgehead atoms. The van der Waals surface area contributed by atoms with E-state index in [4.69, 9.17) is 0 Å². The van der Waals surface area contributed by atoms with Crippen molar-refractivity contribution in [2.75, 3.05) is 26.2 Å². The number of nitrogens with one attached hydrogen (secondary N) is 1. The van der Waals surface area contributed by atoms with Gasteiger partial charge in [0, 0.05) is 50.4 Å². The number of aromatic nitrogens is 2. The quantitative estimate of drug-likeness (QED) is 0.732. The molecule has 2 aliphatic rings. The molecule has 0 unspecified atom stereocenters. The van der Waals surface area contributed by atoms with Crippen molar-refractivity contribution in [2.24, 2.45) is 7.05 Å². The molecule has 0 spiro atoms. The highest BCUT2D eigenvalue weighted by molar-refractivity contribution is 7.89. The van der Waals surface area contributed by atoms with Gasteiger partial charge in [0.2, 0.25) is 0 Å². The first-order chi connectivity index (χ1) is 14.7. The summed E-state index contributed by atoms with van der Waals surface area (Å²) >= 11 is 0. The molecule has 2 aromatic rings. The molecule has 7 nitrogen and oxygen atoms in total. The first kappa shape index (κ1) is 22.4. The third-order valence-corrected chi connectivity index (χ3v) is 8.30. The lowest BCUT2D eigenvalue weighted by Crippen LogP contribution is -2.49. The summed E-state index contributed by atoms with van der Waals surface area (Å²) in [4.78, 5) is 6.54. The van der Waals surface area contributed by atoms with Crippen molar-refractivity contribution in [3.05, 3.63) is 48.2 Å². The highest BCUT2D eigenvalue weighted by Crippen LogP contribution is 2.32. The van der Waals surface area contributed by atoms with Crippen molar-refractivity contribution in [2.45, 2.75) is 55.8 Å². The second-order valence-corrected chi connectivity index (χ2v) is 10.9. The molecule has 1 aromatic carbocycles. The molecule has 2 atom stereocenters. The summed E-state index contributed by atoms with van der Waals surface area (Å²) in [6, 6.07) is 7.30. The van der Waals surface area contributed by atoms with Crippen molar-refractivity contribution < 1.29 is 12.8 Å². The van der Waals surface area contributed by atoms with Gasteiger partial charge in [0.1, 0.15) is 5.82 Å². The monoisotopic (exact) mass is 449 g/mol. The first-order valence-corrected chi connectivity index (χ1v) is 12.4. The van der Waals surface area contributed by atoms with Crippen LogP contribution in [0.2, 0.25) is 0 Å². The fraction of sp³-hybridized carbons (Fsp3) is 0.591. The van der Waals surface area contributed by atoms with Gasteiger partial charge in [-0.3, -0.25) is 0 Å². The molecule has 3 heterocycles. The van der Waals surface area contributed by atoms with Gasteiger partial charge >= 0.3 is 0 Å². The SMILES string of the molecule is CC(C)N1CCC(N[C@H]2CN(S(=O)(=O)c3cn(C)cn3)C[C@@H]2c2ccc(F)cc2)CC1. The summed E-state index contributed by atoms with van der Waals surface area (Å²) in [5.41, 5.74) is 0.956. The zero-order valence-electron chi connectivity index (χ0n) is 18.4. The normalized spacial score (nSPS) is 24.3. The number of likely N-dealkylation sites (tertiary alicyclic amines) is 1. The minimum Gasteiger partial charge on any atom is -0.339 e. The van der Waals surface area contributed by atoms with Crippen LogP contribution in [0.25, 0.3) is 0 Å². The Labute approximate surface area is 184 Å². The van der Waals surface area contributed by atoms with Crippen molar-refractivity contribution in [3.8, 4) is 0 Å². The Balaban J connectivity index is 1.53. The Morgan fingerprint density at radius 2 is 1.81 bits per heavy atom. The topological polar surface area (TPSA) is 70.5 Å². The number of imidazole rings is 1. The first-order valence-electron chi connectivity index (χ1n) is 11.0. The van der Waals surface area contributed by atoms with Crippen LogP contribution in [0.4, 0.5) is 4.39 Å². The molecule has 0 saturated carbocycles. The molecule has 0 radical (unpaired) electrons. The molecule has 31 heavy (non-hydrogen) atoms. The number of aryl methyl sites for hydroxylation is 1. The summed E-state index contributed by atoms with van der Waals surface area (Å²) in [5, 5.41) is 3.82. The van der Waals surface area contributed by atoms with E-state index >= 15 is 0 Å². The van der Waals surface area contributed by atoms with E-state index in [0.717, 1.165) is 31.5 Å². The summed E-state index contributed by atoms with van der Waals surface area (Å²) in [6.45, 7) is 7.25. The van der Waals surface area contributed by atoms with Gasteiger partial charge in [0.25, 0.3) is 10.0 Å². The zero-order chi connectivity index (χ0) is 22.2. The second-order valence-electron chi connectivity index (χ2n) is 9.03. The fourth-order valence-corrected chi connectivity index (χ4v) is 6.18. The molecule has 4 rings (SSSR count). The molecule has 1 N–H and O–H groups in total. The van der Waals surface area contributed by atoms with Crippen molar-refractivity contribution >= 4 is 10.0 Å². The van der Waals surface area contributed by atoms with Crippen LogP contribution in [0, 0.1) is 5.82 Å². The Bertz CT molecular complexity index is 984. The van der Waals surface area contributed by atoms with Crippen LogP contribution in [-0.4, -0.2) is 71.5 Å². The summed E-state index contributed by atoms with van der Waals surface area (Å²) < 4.78 is 43.0. The molecule has 2 saturated heterocycles. The molecule has 2 aliphatic heterocycles. The van der Waals surface area contributed by atoms with Crippen LogP contribution in [0.3, 0.4) is 0 Å². The Kier molecular flexibility index (Phi) is 6.48. The number of sulfonamides is 1.